The number of nitrogens with zero attached hydrogens (tertiary/aromatic N) is 2. The van der Waals surface area contributed by atoms with Gasteiger partial charge in [0.05, 0.1) is 21.3 Å². The SMILES string of the molecule is COC(=O)c1c(OC)cc(OC)nc1C#Cc1ccccn1. The Morgan fingerprint density at radius 1 is 1.14 bits per heavy atom. The molecular formula is C16H14N2O4. The Morgan fingerprint density at radius 3 is 2.55 bits per heavy atom. The molecule has 2 heterocycles. The second-order valence-electron chi connectivity index (χ2n) is 4.05. The zero-order valence-corrected chi connectivity index (χ0v) is 12.4. The highest BCUT2D eigenvalue weighted by atomic mass is 16.5. The topological polar surface area (TPSA) is 70.5 Å². The maximum atomic E-state index is 12.0. The third-order valence-corrected chi connectivity index (χ3v) is 2.75. The van der Waals surface area contributed by atoms with Gasteiger partial charge in [-0.3, -0.25) is 0 Å². The van der Waals surface area contributed by atoms with E-state index in [1.807, 2.05) is 6.07 Å². The number of carbonyl (C=O) groups is 1. The van der Waals surface area contributed by atoms with Gasteiger partial charge >= 0.3 is 5.97 Å². The van der Waals surface area contributed by atoms with Crippen LogP contribution in [0.15, 0.2) is 30.5 Å². The van der Waals surface area contributed by atoms with Crippen molar-refractivity contribution in [1.29, 1.82) is 0 Å². The van der Waals surface area contributed by atoms with Crippen molar-refractivity contribution < 1.29 is 19.0 Å². The van der Waals surface area contributed by atoms with Crippen molar-refractivity contribution in [2.75, 3.05) is 21.3 Å². The molecule has 0 atom stereocenters. The second kappa shape index (κ2) is 7.09. The van der Waals surface area contributed by atoms with Gasteiger partial charge in [-0.1, -0.05) is 6.07 Å². The first-order chi connectivity index (χ1) is 10.7. The maximum absolute atomic E-state index is 12.0. The number of carbonyl (C=O) groups excluding carboxylic acids is 1. The summed E-state index contributed by atoms with van der Waals surface area (Å²) in [6, 6.07) is 6.86. The van der Waals surface area contributed by atoms with Crippen LogP contribution in [0, 0.1) is 11.8 Å². The lowest BCUT2D eigenvalue weighted by molar-refractivity contribution is 0.0596. The lowest BCUT2D eigenvalue weighted by atomic mass is 10.1. The number of pyridine rings is 2. The third kappa shape index (κ3) is 3.33. The van der Waals surface area contributed by atoms with E-state index >= 15 is 0 Å². The molecule has 2 aromatic heterocycles. The molecule has 22 heavy (non-hydrogen) atoms. The Bertz CT molecular complexity index is 733. The van der Waals surface area contributed by atoms with Gasteiger partial charge in [0.15, 0.2) is 0 Å². The van der Waals surface area contributed by atoms with Crippen LogP contribution in [0.5, 0.6) is 11.6 Å². The van der Waals surface area contributed by atoms with Crippen LogP contribution in [0.2, 0.25) is 0 Å². The van der Waals surface area contributed by atoms with Crippen molar-refractivity contribution in [2.24, 2.45) is 0 Å². The lowest BCUT2D eigenvalue weighted by Gasteiger charge is -2.10. The van der Waals surface area contributed by atoms with Crippen LogP contribution in [0.1, 0.15) is 21.7 Å². The summed E-state index contributed by atoms with van der Waals surface area (Å²) >= 11 is 0. The number of aromatic nitrogens is 2. The molecule has 0 aliphatic carbocycles. The van der Waals surface area contributed by atoms with Crippen LogP contribution in [0.3, 0.4) is 0 Å². The van der Waals surface area contributed by atoms with Crippen LogP contribution in [0.4, 0.5) is 0 Å². The Balaban J connectivity index is 2.57. The summed E-state index contributed by atoms with van der Waals surface area (Å²) in [5, 5.41) is 0. The van der Waals surface area contributed by atoms with Crippen molar-refractivity contribution in [3.05, 3.63) is 47.4 Å². The Hall–Kier alpha value is -3.07. The van der Waals surface area contributed by atoms with Gasteiger partial charge in [-0.05, 0) is 24.0 Å². The van der Waals surface area contributed by atoms with E-state index in [1.165, 1.54) is 27.4 Å². The summed E-state index contributed by atoms with van der Waals surface area (Å²) in [6.45, 7) is 0. The van der Waals surface area contributed by atoms with Gasteiger partial charge in [0.1, 0.15) is 22.7 Å². The molecule has 6 nitrogen and oxygen atoms in total. The van der Waals surface area contributed by atoms with E-state index in [2.05, 4.69) is 21.8 Å². The Labute approximate surface area is 128 Å². The van der Waals surface area contributed by atoms with Crippen molar-refractivity contribution in [2.45, 2.75) is 0 Å². The number of hydrogen-bond donors (Lipinski definition) is 0. The predicted molar refractivity (Wildman–Crippen MR) is 78.9 cm³/mol. The smallest absolute Gasteiger partial charge is 0.344 e. The molecule has 0 N–H and O–H groups in total. The molecule has 0 amide bonds. The number of rotatable bonds is 3. The highest BCUT2D eigenvalue weighted by molar-refractivity contribution is 5.95. The summed E-state index contributed by atoms with van der Waals surface area (Å²) in [7, 11) is 4.19. The minimum absolute atomic E-state index is 0.147. The van der Waals surface area contributed by atoms with Crippen LogP contribution >= 0.6 is 0 Å². The van der Waals surface area contributed by atoms with E-state index in [4.69, 9.17) is 14.2 Å². The first-order valence-corrected chi connectivity index (χ1v) is 6.34. The van der Waals surface area contributed by atoms with E-state index in [-0.39, 0.29) is 22.9 Å². The van der Waals surface area contributed by atoms with Gasteiger partial charge in [-0.15, -0.1) is 0 Å². The molecule has 0 aliphatic heterocycles. The van der Waals surface area contributed by atoms with Crippen molar-refractivity contribution in [1.82, 2.24) is 9.97 Å². The molecule has 0 unspecified atom stereocenters. The van der Waals surface area contributed by atoms with E-state index < -0.39 is 5.97 Å². The summed E-state index contributed by atoms with van der Waals surface area (Å²) in [6.07, 6.45) is 1.63. The molecule has 0 saturated carbocycles. The fourth-order valence-corrected chi connectivity index (χ4v) is 1.71. The average molecular weight is 298 g/mol. The number of esters is 1. The van der Waals surface area contributed by atoms with Gasteiger partial charge in [0.25, 0.3) is 0 Å². The zero-order chi connectivity index (χ0) is 15.9. The van der Waals surface area contributed by atoms with Gasteiger partial charge in [-0.2, -0.15) is 0 Å². The number of methoxy groups -OCH3 is 3. The highest BCUT2D eigenvalue weighted by Crippen LogP contribution is 2.26. The van der Waals surface area contributed by atoms with Crippen molar-refractivity contribution in [3.8, 4) is 23.5 Å². The largest absolute Gasteiger partial charge is 0.496 e. The van der Waals surface area contributed by atoms with Crippen LogP contribution < -0.4 is 9.47 Å². The van der Waals surface area contributed by atoms with E-state index in [1.54, 1.807) is 18.3 Å². The first-order valence-electron chi connectivity index (χ1n) is 6.34. The molecule has 0 bridgehead atoms. The minimum atomic E-state index is -0.586. The molecule has 0 aliphatic rings. The molecule has 2 aromatic rings. The van der Waals surface area contributed by atoms with Gasteiger partial charge in [0, 0.05) is 12.3 Å². The molecule has 6 heteroatoms. The summed E-state index contributed by atoms with van der Waals surface area (Å²) in [4.78, 5) is 20.2. The van der Waals surface area contributed by atoms with Crippen LogP contribution in [-0.2, 0) is 4.74 Å². The monoisotopic (exact) mass is 298 g/mol. The number of hydrogen-bond acceptors (Lipinski definition) is 6. The summed E-state index contributed by atoms with van der Waals surface area (Å²) in [5.74, 6) is 5.63. The normalized spacial score (nSPS) is 9.41. The van der Waals surface area contributed by atoms with E-state index in [9.17, 15) is 4.79 Å². The average Bonchev–Trinajstić information content (AvgIpc) is 2.59. The molecule has 112 valence electrons. The molecule has 0 spiro atoms. The van der Waals surface area contributed by atoms with Gasteiger partial charge < -0.3 is 14.2 Å². The molecule has 2 rings (SSSR count). The van der Waals surface area contributed by atoms with Crippen molar-refractivity contribution >= 4 is 5.97 Å². The van der Waals surface area contributed by atoms with Gasteiger partial charge in [0.2, 0.25) is 5.88 Å². The first kappa shape index (κ1) is 15.3. The predicted octanol–water partition coefficient (Wildman–Crippen LogP) is 1.68. The lowest BCUT2D eigenvalue weighted by Crippen LogP contribution is -2.09. The van der Waals surface area contributed by atoms with Crippen molar-refractivity contribution in [3.63, 3.8) is 0 Å². The van der Waals surface area contributed by atoms with Crippen LogP contribution in [-0.4, -0.2) is 37.3 Å². The fraction of sp³-hybridized carbons (Fsp3) is 0.188. The van der Waals surface area contributed by atoms with Crippen LogP contribution in [0.25, 0.3) is 0 Å². The molecule has 0 aromatic carbocycles. The molecule has 0 radical (unpaired) electrons. The third-order valence-electron chi connectivity index (χ3n) is 2.75. The van der Waals surface area contributed by atoms with E-state index in [0.29, 0.717) is 5.69 Å². The summed E-state index contributed by atoms with van der Waals surface area (Å²) in [5.41, 5.74) is 0.907. The number of ether oxygens (including phenoxy) is 3. The quantitative estimate of drug-likeness (QED) is 0.634. The minimum Gasteiger partial charge on any atom is -0.496 e. The zero-order valence-electron chi connectivity index (χ0n) is 12.4. The molecule has 0 fully saturated rings. The molecular weight excluding hydrogens is 284 g/mol. The molecule has 0 saturated heterocycles. The second-order valence-corrected chi connectivity index (χ2v) is 4.05. The maximum Gasteiger partial charge on any atom is 0.344 e. The highest BCUT2D eigenvalue weighted by Gasteiger charge is 2.20. The fourth-order valence-electron chi connectivity index (χ4n) is 1.71. The summed E-state index contributed by atoms with van der Waals surface area (Å²) < 4.78 is 15.1. The van der Waals surface area contributed by atoms with Gasteiger partial charge in [-0.25, -0.2) is 14.8 Å². The Morgan fingerprint density at radius 2 is 1.95 bits per heavy atom. The van der Waals surface area contributed by atoms with E-state index in [0.717, 1.165) is 0 Å². The Kier molecular flexibility index (Phi) is 4.94. The standard InChI is InChI=1S/C16H14N2O4/c1-20-13-10-14(21-2)18-12(15(13)16(19)22-3)8-7-11-6-4-5-9-17-11/h4-6,9-10H,1-3H3.